The molecule has 2 unspecified atom stereocenters. The molecule has 0 fully saturated rings. The normalized spacial score (nSPS) is 20.9. The summed E-state index contributed by atoms with van der Waals surface area (Å²) in [4.78, 5) is 34.8. The highest BCUT2D eigenvalue weighted by molar-refractivity contribution is 6.05. The van der Waals surface area contributed by atoms with Crippen molar-refractivity contribution in [2.45, 2.75) is 59.0 Å². The molecule has 1 aliphatic heterocycles. The average Bonchev–Trinajstić information content (AvgIpc) is 3.13. The zero-order chi connectivity index (χ0) is 29.3. The van der Waals surface area contributed by atoms with Gasteiger partial charge in [-0.15, -0.1) is 0 Å². The lowest BCUT2D eigenvalue weighted by Crippen LogP contribution is -2.27. The second-order valence-electron chi connectivity index (χ2n) is 9.85. The van der Waals surface area contributed by atoms with Crippen molar-refractivity contribution < 1.29 is 23.9 Å². The van der Waals surface area contributed by atoms with Gasteiger partial charge in [0.25, 0.3) is 0 Å². The highest BCUT2D eigenvalue weighted by Gasteiger charge is 2.33. The molecule has 0 aromatic rings. The lowest BCUT2D eigenvalue weighted by atomic mass is 9.89. The minimum Gasteiger partial charge on any atom is -0.481 e. The Balaban J connectivity index is 2.26. The third-order valence-corrected chi connectivity index (χ3v) is 6.59. The van der Waals surface area contributed by atoms with Gasteiger partial charge >= 0.3 is 5.97 Å². The number of carboxylic acid groups (broad SMARTS) is 1. The van der Waals surface area contributed by atoms with E-state index in [1.54, 1.807) is 13.0 Å². The predicted molar refractivity (Wildman–Crippen MR) is 160 cm³/mol. The summed E-state index contributed by atoms with van der Waals surface area (Å²) in [5.74, 6) is -0.590. The van der Waals surface area contributed by atoms with Crippen LogP contribution >= 0.6 is 0 Å². The van der Waals surface area contributed by atoms with Crippen molar-refractivity contribution in [1.82, 2.24) is 4.90 Å². The van der Waals surface area contributed by atoms with Gasteiger partial charge in [-0.1, -0.05) is 79.8 Å². The fraction of sp³-hybridized carbons (Fsp3) is 0.438. The molecule has 3 atom stereocenters. The summed E-state index contributed by atoms with van der Waals surface area (Å²) in [6, 6.07) is 0. The first-order valence-electron chi connectivity index (χ1n) is 13.8. The number of carbonyl (C=O) groups is 2. The maximum absolute atomic E-state index is 13.5. The zero-order valence-corrected chi connectivity index (χ0v) is 24.0. The first-order valence-corrected chi connectivity index (χ1v) is 13.8. The van der Waals surface area contributed by atoms with Gasteiger partial charge in [-0.05, 0) is 43.4 Å². The molecule has 0 aromatic heterocycles. The lowest BCUT2D eigenvalue weighted by Gasteiger charge is -2.20. The Morgan fingerprint density at radius 3 is 2.80 bits per heavy atom. The first kappa shape index (κ1) is 32.4. The molecular weight excluding hydrogens is 509 g/mol. The molecule has 0 aromatic carbocycles. The summed E-state index contributed by atoms with van der Waals surface area (Å²) in [5.41, 5.74) is 2.71. The van der Waals surface area contributed by atoms with Crippen LogP contribution in [0.1, 0.15) is 52.9 Å². The topological polar surface area (TPSA) is 91.6 Å². The number of aliphatic imine (C=N–C) groups is 1. The van der Waals surface area contributed by atoms with Crippen molar-refractivity contribution in [2.75, 3.05) is 20.1 Å². The van der Waals surface area contributed by atoms with Crippen molar-refractivity contribution in [3.05, 3.63) is 83.8 Å². The quantitative estimate of drug-likeness (QED) is 0.0820. The van der Waals surface area contributed by atoms with Crippen molar-refractivity contribution in [2.24, 2.45) is 22.0 Å². The molecule has 2 aliphatic rings. The van der Waals surface area contributed by atoms with Gasteiger partial charge in [0.05, 0.1) is 18.1 Å². The molecule has 1 N–H and O–H groups in total. The predicted octanol–water partition coefficient (Wildman–Crippen LogP) is 6.54. The van der Waals surface area contributed by atoms with Gasteiger partial charge in [0.15, 0.2) is 6.10 Å². The van der Waals surface area contributed by atoms with Crippen LogP contribution in [-0.4, -0.2) is 60.1 Å². The molecule has 1 aliphatic carbocycles. The summed E-state index contributed by atoms with van der Waals surface area (Å²) >= 11 is 0. The molecule has 0 spiro atoms. The van der Waals surface area contributed by atoms with Gasteiger partial charge in [0.2, 0.25) is 0 Å². The van der Waals surface area contributed by atoms with Gasteiger partial charge < -0.3 is 19.6 Å². The van der Waals surface area contributed by atoms with Crippen molar-refractivity contribution >= 4 is 23.8 Å². The van der Waals surface area contributed by atoms with Crippen LogP contribution in [0, 0.1) is 11.8 Å². The number of carboxylic acids is 1. The number of nitrogens with zero attached hydrogens (tertiary/aromatic N) is 3. The molecule has 1 heterocycles. The molecule has 7 nitrogen and oxygen atoms in total. The van der Waals surface area contributed by atoms with Crippen molar-refractivity contribution in [1.29, 1.82) is 0 Å². The van der Waals surface area contributed by atoms with Crippen LogP contribution in [0.4, 0.5) is 4.39 Å². The third kappa shape index (κ3) is 11.1. The standard InChI is InChI=1S/C32H42FN3O4/c1-5-28(33)15-12-22-36(4)29(16-10-11-17-30(38)39)34-21-20-26(19-18-24(2)23-37)31-25(3)32(40-35-31)27-13-8-6-7-9-14-27/h5-8,12-15,18-20,23-25,32H,9-11,16-17,21-22H2,1-4H3,(H,38,39)/b15-12-,19-18-,26-20+,28-5+,34-29?/t24?,25-,32?/m1/s1. The number of hydrogen-bond donors (Lipinski definition) is 1. The first-order chi connectivity index (χ1) is 19.3. The number of rotatable bonds is 15. The third-order valence-electron chi connectivity index (χ3n) is 6.59. The van der Waals surface area contributed by atoms with E-state index >= 15 is 0 Å². The molecule has 2 rings (SSSR count). The molecule has 8 heteroatoms. The fourth-order valence-electron chi connectivity index (χ4n) is 4.19. The van der Waals surface area contributed by atoms with Crippen LogP contribution < -0.4 is 0 Å². The van der Waals surface area contributed by atoms with Gasteiger partial charge in [-0.2, -0.15) is 0 Å². The molecule has 0 saturated heterocycles. The van der Waals surface area contributed by atoms with Crippen molar-refractivity contribution in [3.8, 4) is 0 Å². The van der Waals surface area contributed by atoms with E-state index in [0.29, 0.717) is 32.4 Å². The van der Waals surface area contributed by atoms with E-state index in [0.717, 1.165) is 35.4 Å². The summed E-state index contributed by atoms with van der Waals surface area (Å²) in [7, 11) is 1.88. The monoisotopic (exact) mass is 551 g/mol. The number of carbonyl (C=O) groups excluding carboxylic acids is 1. The Hall–Kier alpha value is -3.81. The summed E-state index contributed by atoms with van der Waals surface area (Å²) in [6.45, 7) is 6.35. The van der Waals surface area contributed by atoms with E-state index in [2.05, 4.69) is 24.2 Å². The second kappa shape index (κ2) is 17.7. The molecule has 0 saturated carbocycles. The lowest BCUT2D eigenvalue weighted by molar-refractivity contribution is -0.137. The van der Waals surface area contributed by atoms with Crippen LogP contribution in [0.5, 0.6) is 0 Å². The zero-order valence-electron chi connectivity index (χ0n) is 24.0. The fourth-order valence-corrected chi connectivity index (χ4v) is 4.19. The Bertz CT molecular complexity index is 1140. The molecule has 0 amide bonds. The summed E-state index contributed by atoms with van der Waals surface area (Å²) < 4.78 is 13.5. The van der Waals surface area contributed by atoms with E-state index in [9.17, 15) is 14.0 Å². The van der Waals surface area contributed by atoms with E-state index in [-0.39, 0.29) is 30.2 Å². The van der Waals surface area contributed by atoms with Crippen LogP contribution in [0.2, 0.25) is 0 Å². The minimum absolute atomic E-state index is 0.00904. The Morgan fingerprint density at radius 2 is 2.08 bits per heavy atom. The molecule has 0 radical (unpaired) electrons. The second-order valence-corrected chi connectivity index (χ2v) is 9.85. The molecule has 0 bridgehead atoms. The smallest absolute Gasteiger partial charge is 0.303 e. The Kier molecular flexibility index (Phi) is 14.3. The van der Waals surface area contributed by atoms with Gasteiger partial charge in [0, 0.05) is 38.3 Å². The number of likely N-dealkylation sites (N-methyl/N-ethyl adjacent to an activating group) is 1. The summed E-state index contributed by atoms with van der Waals surface area (Å²) in [6.07, 6.45) is 24.0. The number of unbranched alkanes of at least 4 members (excludes halogenated alkanes) is 1. The van der Waals surface area contributed by atoms with E-state index in [1.165, 1.54) is 12.2 Å². The summed E-state index contributed by atoms with van der Waals surface area (Å²) in [5, 5.41) is 13.4. The number of aliphatic carboxylic acids is 1. The van der Waals surface area contributed by atoms with E-state index in [1.807, 2.05) is 55.3 Å². The van der Waals surface area contributed by atoms with Crippen LogP contribution in [0.15, 0.2) is 94.0 Å². The SMILES string of the molecule is C/C=C(F)\C=C/CN(C)C(CCCCC(=O)O)=NC/C=C(\C=C/C(C)C=O)C1=NOC(C2=CCC=CC=C2)[C@@H]1C. The highest BCUT2D eigenvalue weighted by atomic mass is 19.1. The maximum Gasteiger partial charge on any atom is 0.303 e. The number of halogens is 1. The van der Waals surface area contributed by atoms with Crippen LogP contribution in [-0.2, 0) is 14.4 Å². The van der Waals surface area contributed by atoms with Crippen LogP contribution in [0.3, 0.4) is 0 Å². The number of allylic oxidation sites excluding steroid dienone is 10. The number of amidine groups is 1. The van der Waals surface area contributed by atoms with Gasteiger partial charge in [0.1, 0.15) is 12.1 Å². The Labute approximate surface area is 237 Å². The molecule has 40 heavy (non-hydrogen) atoms. The van der Waals surface area contributed by atoms with Crippen molar-refractivity contribution in [3.63, 3.8) is 0 Å². The van der Waals surface area contributed by atoms with E-state index < -0.39 is 5.97 Å². The largest absolute Gasteiger partial charge is 0.481 e. The molecule has 216 valence electrons. The average molecular weight is 552 g/mol. The van der Waals surface area contributed by atoms with Gasteiger partial charge in [-0.3, -0.25) is 9.79 Å². The van der Waals surface area contributed by atoms with Crippen LogP contribution in [0.25, 0.3) is 0 Å². The maximum atomic E-state index is 13.5. The van der Waals surface area contributed by atoms with Gasteiger partial charge in [-0.25, -0.2) is 4.39 Å². The number of aldehydes is 1. The minimum atomic E-state index is -0.820. The van der Waals surface area contributed by atoms with E-state index in [4.69, 9.17) is 14.9 Å². The highest BCUT2D eigenvalue weighted by Crippen LogP contribution is 2.30. The Morgan fingerprint density at radius 1 is 1.30 bits per heavy atom. The molecular formula is C32H42FN3O4. The number of hydrogen-bond acceptors (Lipinski definition) is 5. The number of oxime groups is 1.